The van der Waals surface area contributed by atoms with Crippen molar-refractivity contribution in [2.24, 2.45) is 5.92 Å². The van der Waals surface area contributed by atoms with Crippen LogP contribution in [-0.2, 0) is 6.42 Å². The van der Waals surface area contributed by atoms with Crippen molar-refractivity contribution in [3.8, 4) is 0 Å². The first-order valence-electron chi connectivity index (χ1n) is 4.83. The first kappa shape index (κ1) is 9.00. The van der Waals surface area contributed by atoms with Crippen LogP contribution in [0, 0.1) is 5.92 Å². The quantitative estimate of drug-likeness (QED) is 0.749. The van der Waals surface area contributed by atoms with E-state index in [9.17, 15) is 0 Å². The predicted octanol–water partition coefficient (Wildman–Crippen LogP) is 2.46. The normalized spacial score (nSPS) is 19.0. The molecule has 1 saturated carbocycles. The lowest BCUT2D eigenvalue weighted by molar-refractivity contribution is 0.469. The SMILES string of the molecule is CCc1nnc(Cl)n1C(C)C1CC1. The maximum absolute atomic E-state index is 5.98. The van der Waals surface area contributed by atoms with Gasteiger partial charge in [-0.1, -0.05) is 6.92 Å². The standard InChI is InChI=1S/C9H14ClN3/c1-3-8-11-12-9(10)13(8)6(2)7-4-5-7/h6-7H,3-5H2,1-2H3. The van der Waals surface area contributed by atoms with Crippen molar-refractivity contribution in [1.82, 2.24) is 14.8 Å². The molecule has 1 heterocycles. The minimum Gasteiger partial charge on any atom is -0.299 e. The summed E-state index contributed by atoms with van der Waals surface area (Å²) in [6, 6.07) is 0.470. The first-order valence-corrected chi connectivity index (χ1v) is 5.21. The Hall–Kier alpha value is -0.570. The maximum atomic E-state index is 5.98. The number of aromatic nitrogens is 3. The van der Waals surface area contributed by atoms with Gasteiger partial charge >= 0.3 is 0 Å². The Kier molecular flexibility index (Phi) is 2.28. The van der Waals surface area contributed by atoms with Gasteiger partial charge in [0.05, 0.1) is 0 Å². The molecule has 1 aromatic heterocycles. The molecule has 0 bridgehead atoms. The van der Waals surface area contributed by atoms with Crippen LogP contribution in [0.4, 0.5) is 0 Å². The number of rotatable bonds is 3. The van der Waals surface area contributed by atoms with E-state index in [1.54, 1.807) is 0 Å². The molecule has 3 nitrogen and oxygen atoms in total. The Bertz CT molecular complexity index is 304. The molecular formula is C9H14ClN3. The van der Waals surface area contributed by atoms with Gasteiger partial charge in [-0.3, -0.25) is 4.57 Å². The summed E-state index contributed by atoms with van der Waals surface area (Å²) in [5, 5.41) is 8.48. The topological polar surface area (TPSA) is 30.7 Å². The Morgan fingerprint density at radius 3 is 2.77 bits per heavy atom. The monoisotopic (exact) mass is 199 g/mol. The van der Waals surface area contributed by atoms with Gasteiger partial charge in [-0.25, -0.2) is 0 Å². The molecule has 72 valence electrons. The van der Waals surface area contributed by atoms with Crippen LogP contribution in [0.1, 0.15) is 38.6 Å². The second-order valence-electron chi connectivity index (χ2n) is 3.69. The third kappa shape index (κ3) is 1.57. The van der Waals surface area contributed by atoms with Crippen molar-refractivity contribution in [1.29, 1.82) is 0 Å². The maximum Gasteiger partial charge on any atom is 0.225 e. The highest BCUT2D eigenvalue weighted by atomic mass is 35.5. The summed E-state index contributed by atoms with van der Waals surface area (Å²) >= 11 is 5.98. The highest BCUT2D eigenvalue weighted by Gasteiger charge is 2.31. The lowest BCUT2D eigenvalue weighted by atomic mass is 10.2. The van der Waals surface area contributed by atoms with E-state index >= 15 is 0 Å². The fourth-order valence-corrected chi connectivity index (χ4v) is 2.02. The zero-order valence-electron chi connectivity index (χ0n) is 8.00. The van der Waals surface area contributed by atoms with Gasteiger partial charge in [-0.15, -0.1) is 10.2 Å². The molecule has 13 heavy (non-hydrogen) atoms. The molecule has 0 spiro atoms. The van der Waals surface area contributed by atoms with Crippen molar-refractivity contribution in [3.63, 3.8) is 0 Å². The number of aryl methyl sites for hydroxylation is 1. The molecule has 1 aliphatic carbocycles. The molecule has 0 N–H and O–H groups in total. The van der Waals surface area contributed by atoms with Gasteiger partial charge in [0.1, 0.15) is 5.82 Å². The summed E-state index contributed by atoms with van der Waals surface area (Å²) in [5.74, 6) is 1.79. The zero-order valence-corrected chi connectivity index (χ0v) is 8.75. The fourth-order valence-electron chi connectivity index (χ4n) is 1.74. The minimum atomic E-state index is 0.470. The lowest BCUT2D eigenvalue weighted by Crippen LogP contribution is -2.10. The lowest BCUT2D eigenvalue weighted by Gasteiger charge is -2.14. The Balaban J connectivity index is 2.29. The van der Waals surface area contributed by atoms with E-state index in [4.69, 9.17) is 11.6 Å². The van der Waals surface area contributed by atoms with E-state index in [1.165, 1.54) is 12.8 Å². The second kappa shape index (κ2) is 3.29. The summed E-state index contributed by atoms with van der Waals surface area (Å²) in [5.41, 5.74) is 0. The van der Waals surface area contributed by atoms with Crippen molar-refractivity contribution in [2.45, 2.75) is 39.2 Å². The van der Waals surface area contributed by atoms with Crippen molar-refractivity contribution < 1.29 is 0 Å². The van der Waals surface area contributed by atoms with Crippen molar-refractivity contribution in [3.05, 3.63) is 11.1 Å². The molecule has 0 amide bonds. The molecule has 1 atom stereocenters. The zero-order chi connectivity index (χ0) is 9.42. The van der Waals surface area contributed by atoms with E-state index in [0.717, 1.165) is 18.2 Å². The van der Waals surface area contributed by atoms with Gasteiger partial charge in [-0.2, -0.15) is 0 Å². The smallest absolute Gasteiger partial charge is 0.225 e. The Morgan fingerprint density at radius 1 is 1.54 bits per heavy atom. The Morgan fingerprint density at radius 2 is 2.23 bits per heavy atom. The van der Waals surface area contributed by atoms with E-state index in [0.29, 0.717) is 11.3 Å². The minimum absolute atomic E-state index is 0.470. The molecule has 1 aromatic rings. The largest absolute Gasteiger partial charge is 0.299 e. The van der Waals surface area contributed by atoms with Gasteiger partial charge < -0.3 is 0 Å². The predicted molar refractivity (Wildman–Crippen MR) is 51.8 cm³/mol. The van der Waals surface area contributed by atoms with E-state index in [2.05, 4.69) is 28.6 Å². The Labute approximate surface area is 83.1 Å². The summed E-state index contributed by atoms with van der Waals surface area (Å²) in [4.78, 5) is 0. The number of halogens is 1. The van der Waals surface area contributed by atoms with Crippen LogP contribution in [0.3, 0.4) is 0 Å². The van der Waals surface area contributed by atoms with Crippen LogP contribution in [0.5, 0.6) is 0 Å². The van der Waals surface area contributed by atoms with Gasteiger partial charge in [0.2, 0.25) is 5.28 Å². The van der Waals surface area contributed by atoms with Crippen LogP contribution in [0.15, 0.2) is 0 Å². The van der Waals surface area contributed by atoms with Crippen LogP contribution in [-0.4, -0.2) is 14.8 Å². The van der Waals surface area contributed by atoms with Gasteiger partial charge in [0.15, 0.2) is 0 Å². The highest BCUT2D eigenvalue weighted by Crippen LogP contribution is 2.40. The van der Waals surface area contributed by atoms with Crippen molar-refractivity contribution >= 4 is 11.6 Å². The number of nitrogens with zero attached hydrogens (tertiary/aromatic N) is 3. The van der Waals surface area contributed by atoms with Gasteiger partial charge in [-0.05, 0) is 37.3 Å². The van der Waals surface area contributed by atoms with E-state index < -0.39 is 0 Å². The highest BCUT2D eigenvalue weighted by molar-refractivity contribution is 6.28. The third-order valence-corrected chi connectivity index (χ3v) is 3.01. The van der Waals surface area contributed by atoms with Crippen LogP contribution >= 0.6 is 11.6 Å². The summed E-state index contributed by atoms with van der Waals surface area (Å²) < 4.78 is 2.07. The van der Waals surface area contributed by atoms with E-state index in [-0.39, 0.29) is 0 Å². The second-order valence-corrected chi connectivity index (χ2v) is 4.02. The summed E-state index contributed by atoms with van der Waals surface area (Å²) in [6.07, 6.45) is 3.54. The first-order chi connectivity index (χ1) is 6.24. The molecule has 0 aliphatic heterocycles. The third-order valence-electron chi connectivity index (χ3n) is 2.75. The molecule has 1 unspecified atom stereocenters. The molecule has 0 saturated heterocycles. The molecule has 0 radical (unpaired) electrons. The summed E-state index contributed by atoms with van der Waals surface area (Å²) in [6.45, 7) is 4.28. The summed E-state index contributed by atoms with van der Waals surface area (Å²) in [7, 11) is 0. The van der Waals surface area contributed by atoms with Gasteiger partial charge in [0, 0.05) is 12.5 Å². The van der Waals surface area contributed by atoms with E-state index in [1.807, 2.05) is 0 Å². The van der Waals surface area contributed by atoms with Crippen molar-refractivity contribution in [2.75, 3.05) is 0 Å². The van der Waals surface area contributed by atoms with Crippen LogP contribution in [0.25, 0.3) is 0 Å². The molecular weight excluding hydrogens is 186 g/mol. The average Bonchev–Trinajstić information content (AvgIpc) is 2.89. The molecule has 1 fully saturated rings. The molecule has 1 aliphatic rings. The molecule has 2 rings (SSSR count). The van der Waals surface area contributed by atoms with Crippen LogP contribution in [0.2, 0.25) is 5.28 Å². The van der Waals surface area contributed by atoms with Gasteiger partial charge in [0.25, 0.3) is 0 Å². The fraction of sp³-hybridized carbons (Fsp3) is 0.778. The number of hydrogen-bond donors (Lipinski definition) is 0. The average molecular weight is 200 g/mol. The number of hydrogen-bond acceptors (Lipinski definition) is 2. The molecule has 4 heteroatoms. The van der Waals surface area contributed by atoms with Crippen LogP contribution < -0.4 is 0 Å². The molecule has 0 aromatic carbocycles.